The van der Waals surface area contributed by atoms with Gasteiger partial charge in [0.15, 0.2) is 0 Å². The molecule has 0 aromatic heterocycles. The van der Waals surface area contributed by atoms with E-state index in [-0.39, 0.29) is 0 Å². The van der Waals surface area contributed by atoms with Crippen LogP contribution in [-0.4, -0.2) is 37.4 Å². The van der Waals surface area contributed by atoms with Crippen molar-refractivity contribution in [1.82, 2.24) is 4.90 Å². The van der Waals surface area contributed by atoms with Crippen LogP contribution < -0.4 is 4.74 Å². The van der Waals surface area contributed by atoms with E-state index >= 15 is 0 Å². The number of nitrogens with zero attached hydrogens (tertiary/aromatic N) is 1. The van der Waals surface area contributed by atoms with Crippen LogP contribution in [0.15, 0.2) is 24.3 Å². The fraction of sp³-hybridized carbons (Fsp3) is 0.588. The third kappa shape index (κ3) is 4.64. The van der Waals surface area contributed by atoms with E-state index in [1.807, 2.05) is 12.1 Å². The predicted molar refractivity (Wildman–Crippen MR) is 81.3 cm³/mol. The van der Waals surface area contributed by atoms with Gasteiger partial charge in [-0.3, -0.25) is 4.79 Å². The van der Waals surface area contributed by atoms with Crippen molar-refractivity contribution in [2.75, 3.05) is 26.2 Å². The molecule has 0 radical (unpaired) electrons. The lowest BCUT2D eigenvalue weighted by Gasteiger charge is -2.34. The van der Waals surface area contributed by atoms with Gasteiger partial charge in [0.1, 0.15) is 12.0 Å². The van der Waals surface area contributed by atoms with E-state index in [0.29, 0.717) is 5.56 Å². The van der Waals surface area contributed by atoms with Crippen LogP contribution in [0.2, 0.25) is 0 Å². The molecule has 2 rings (SSSR count). The van der Waals surface area contributed by atoms with E-state index in [9.17, 15) is 4.79 Å². The van der Waals surface area contributed by atoms with E-state index in [2.05, 4.69) is 18.7 Å². The highest BCUT2D eigenvalue weighted by Crippen LogP contribution is 2.20. The van der Waals surface area contributed by atoms with Crippen LogP contribution in [0.3, 0.4) is 0 Å². The molecule has 0 aliphatic carbocycles. The lowest BCUT2D eigenvalue weighted by atomic mass is 9.92. The molecule has 0 N–H and O–H groups in total. The molecule has 3 nitrogen and oxygen atoms in total. The Kier molecular flexibility index (Phi) is 5.60. The van der Waals surface area contributed by atoms with Crippen molar-refractivity contribution in [3.05, 3.63) is 29.8 Å². The first kappa shape index (κ1) is 15.0. The second-order valence-corrected chi connectivity index (χ2v) is 6.09. The lowest BCUT2D eigenvalue weighted by molar-refractivity contribution is 0.112. The zero-order chi connectivity index (χ0) is 14.4. The first-order chi connectivity index (χ1) is 9.67. The minimum atomic E-state index is 0.689. The van der Waals surface area contributed by atoms with E-state index in [4.69, 9.17) is 4.74 Å². The van der Waals surface area contributed by atoms with Gasteiger partial charge in [0, 0.05) is 25.2 Å². The van der Waals surface area contributed by atoms with Gasteiger partial charge < -0.3 is 9.64 Å². The van der Waals surface area contributed by atoms with Gasteiger partial charge in [-0.25, -0.2) is 0 Å². The van der Waals surface area contributed by atoms with E-state index in [0.717, 1.165) is 43.4 Å². The Hall–Kier alpha value is -1.35. The predicted octanol–water partition coefficient (Wildman–Crippen LogP) is 3.25. The summed E-state index contributed by atoms with van der Waals surface area (Å²) in [5.74, 6) is 2.47. The Morgan fingerprint density at radius 2 is 1.85 bits per heavy atom. The Bertz CT molecular complexity index is 406. The number of carbonyl (C=O) groups is 1. The van der Waals surface area contributed by atoms with Gasteiger partial charge >= 0.3 is 0 Å². The molecule has 1 heterocycles. The van der Waals surface area contributed by atoms with Gasteiger partial charge in [0.05, 0.1) is 6.61 Å². The van der Waals surface area contributed by atoms with Crippen molar-refractivity contribution < 1.29 is 9.53 Å². The number of likely N-dealkylation sites (tertiary alicyclic amines) is 1. The third-order valence-corrected chi connectivity index (χ3v) is 3.85. The van der Waals surface area contributed by atoms with Crippen LogP contribution in [0.4, 0.5) is 0 Å². The molecule has 3 heteroatoms. The molecule has 1 fully saturated rings. The maximum Gasteiger partial charge on any atom is 0.150 e. The van der Waals surface area contributed by atoms with Crippen LogP contribution >= 0.6 is 0 Å². The summed E-state index contributed by atoms with van der Waals surface area (Å²) in [5.41, 5.74) is 0.689. The molecule has 1 aliphatic heterocycles. The van der Waals surface area contributed by atoms with Gasteiger partial charge in [0.25, 0.3) is 0 Å². The molecule has 1 saturated heterocycles. The van der Waals surface area contributed by atoms with Crippen LogP contribution in [0.1, 0.15) is 37.0 Å². The lowest BCUT2D eigenvalue weighted by Crippen LogP contribution is -2.39. The number of piperidine rings is 1. The van der Waals surface area contributed by atoms with Gasteiger partial charge in [-0.1, -0.05) is 13.8 Å². The van der Waals surface area contributed by atoms with E-state index in [1.54, 1.807) is 12.1 Å². The molecule has 0 saturated carbocycles. The Morgan fingerprint density at radius 3 is 2.45 bits per heavy atom. The second kappa shape index (κ2) is 7.44. The smallest absolute Gasteiger partial charge is 0.150 e. The number of benzene rings is 1. The fourth-order valence-corrected chi connectivity index (χ4v) is 3.10. The Labute approximate surface area is 121 Å². The number of aldehydes is 1. The zero-order valence-corrected chi connectivity index (χ0v) is 12.5. The second-order valence-electron chi connectivity index (χ2n) is 6.09. The third-order valence-electron chi connectivity index (χ3n) is 3.85. The normalized spacial score (nSPS) is 23.5. The first-order valence-corrected chi connectivity index (χ1v) is 7.57. The molecule has 1 aromatic carbocycles. The average Bonchev–Trinajstić information content (AvgIpc) is 2.43. The van der Waals surface area contributed by atoms with Gasteiger partial charge in [0.2, 0.25) is 0 Å². The highest BCUT2D eigenvalue weighted by molar-refractivity contribution is 5.74. The highest BCUT2D eigenvalue weighted by Gasteiger charge is 2.20. The summed E-state index contributed by atoms with van der Waals surface area (Å²) in [5, 5.41) is 0. The van der Waals surface area contributed by atoms with Crippen molar-refractivity contribution in [3.63, 3.8) is 0 Å². The molecule has 1 aliphatic rings. The zero-order valence-electron chi connectivity index (χ0n) is 12.5. The van der Waals surface area contributed by atoms with Crippen LogP contribution in [0.5, 0.6) is 5.75 Å². The molecule has 0 unspecified atom stereocenters. The first-order valence-electron chi connectivity index (χ1n) is 7.57. The SMILES string of the molecule is C[C@@H]1C[C@H](C)CN(CCCOc2ccc(C=O)cc2)C1. The molecule has 0 bridgehead atoms. The Morgan fingerprint density at radius 1 is 1.20 bits per heavy atom. The summed E-state index contributed by atoms with van der Waals surface area (Å²) in [4.78, 5) is 13.1. The van der Waals surface area contributed by atoms with Crippen molar-refractivity contribution in [1.29, 1.82) is 0 Å². The molecule has 2 atom stereocenters. The number of carbonyl (C=O) groups excluding carboxylic acids is 1. The summed E-state index contributed by atoms with van der Waals surface area (Å²) >= 11 is 0. The molecular formula is C17H25NO2. The topological polar surface area (TPSA) is 29.5 Å². The number of hydrogen-bond donors (Lipinski definition) is 0. The average molecular weight is 275 g/mol. The largest absolute Gasteiger partial charge is 0.494 e. The summed E-state index contributed by atoms with van der Waals surface area (Å²) in [7, 11) is 0. The van der Waals surface area contributed by atoms with E-state index in [1.165, 1.54) is 19.5 Å². The van der Waals surface area contributed by atoms with Gasteiger partial charge in [-0.05, 0) is 48.9 Å². The number of hydrogen-bond acceptors (Lipinski definition) is 3. The molecule has 20 heavy (non-hydrogen) atoms. The standard InChI is InChI=1S/C17H25NO2/c1-14-10-15(2)12-18(11-14)8-3-9-20-17-6-4-16(13-19)5-7-17/h4-7,13-15H,3,8-12H2,1-2H3/t14-,15+. The maximum atomic E-state index is 10.6. The van der Waals surface area contributed by atoms with Crippen molar-refractivity contribution >= 4 is 6.29 Å². The summed E-state index contributed by atoms with van der Waals surface area (Å²) in [6, 6.07) is 7.29. The molecule has 1 aromatic rings. The molecule has 0 spiro atoms. The van der Waals surface area contributed by atoms with Crippen LogP contribution in [0, 0.1) is 11.8 Å². The number of ether oxygens (including phenoxy) is 1. The van der Waals surface area contributed by atoms with Crippen molar-refractivity contribution in [3.8, 4) is 5.75 Å². The molecule has 110 valence electrons. The monoisotopic (exact) mass is 275 g/mol. The van der Waals surface area contributed by atoms with Gasteiger partial charge in [-0.15, -0.1) is 0 Å². The molecule has 0 amide bonds. The van der Waals surface area contributed by atoms with Crippen LogP contribution in [-0.2, 0) is 0 Å². The quantitative estimate of drug-likeness (QED) is 0.589. The Balaban J connectivity index is 1.66. The van der Waals surface area contributed by atoms with E-state index < -0.39 is 0 Å². The molecular weight excluding hydrogens is 250 g/mol. The van der Waals surface area contributed by atoms with Gasteiger partial charge in [-0.2, -0.15) is 0 Å². The maximum absolute atomic E-state index is 10.6. The summed E-state index contributed by atoms with van der Waals surface area (Å²) in [6.45, 7) is 8.97. The minimum Gasteiger partial charge on any atom is -0.494 e. The van der Waals surface area contributed by atoms with Crippen molar-refractivity contribution in [2.24, 2.45) is 11.8 Å². The fourth-order valence-electron chi connectivity index (χ4n) is 3.10. The number of rotatable bonds is 6. The van der Waals surface area contributed by atoms with Crippen LogP contribution in [0.25, 0.3) is 0 Å². The van der Waals surface area contributed by atoms with Crippen molar-refractivity contribution in [2.45, 2.75) is 26.7 Å². The summed E-state index contributed by atoms with van der Waals surface area (Å²) < 4.78 is 5.71. The summed E-state index contributed by atoms with van der Waals surface area (Å²) in [6.07, 6.45) is 3.26. The highest BCUT2D eigenvalue weighted by atomic mass is 16.5. The minimum absolute atomic E-state index is 0.689.